The van der Waals surface area contributed by atoms with Gasteiger partial charge < -0.3 is 4.42 Å². The summed E-state index contributed by atoms with van der Waals surface area (Å²) < 4.78 is 54.3. The molecule has 3 heteroatoms. The van der Waals surface area contributed by atoms with Crippen LogP contribution in [-0.4, -0.2) is 9.97 Å². The van der Waals surface area contributed by atoms with Gasteiger partial charge in [-0.2, -0.15) is 0 Å². The molecule has 0 radical (unpaired) electrons. The van der Waals surface area contributed by atoms with E-state index < -0.39 is 13.7 Å². The molecule has 0 atom stereocenters. The minimum Gasteiger partial charge on any atom is -0.437 e. The van der Waals surface area contributed by atoms with Gasteiger partial charge in [-0.3, -0.25) is 4.98 Å². The first-order valence-electron chi connectivity index (χ1n) is 15.0. The molecule has 37 heavy (non-hydrogen) atoms. The van der Waals surface area contributed by atoms with Crippen LogP contribution in [0.25, 0.3) is 66.4 Å². The van der Waals surface area contributed by atoms with E-state index in [0.29, 0.717) is 27.8 Å². The number of nitrogens with zero attached hydrogens (tertiary/aromatic N) is 2. The summed E-state index contributed by atoms with van der Waals surface area (Å²) in [4.78, 5) is 8.87. The maximum absolute atomic E-state index is 8.32. The predicted octanol–water partition coefficient (Wildman–Crippen LogP) is 9.15. The van der Waals surface area contributed by atoms with Crippen molar-refractivity contribution in [1.29, 1.82) is 0 Å². The fourth-order valence-corrected chi connectivity index (χ4v) is 5.11. The lowest BCUT2D eigenvalue weighted by molar-refractivity contribution is 0.653. The van der Waals surface area contributed by atoms with Gasteiger partial charge in [0.2, 0.25) is 5.71 Å². The summed E-state index contributed by atoms with van der Waals surface area (Å²) >= 11 is 0. The molecular formula is C34H24N2O. The molecule has 0 unspecified atom stereocenters. The fourth-order valence-electron chi connectivity index (χ4n) is 5.11. The highest BCUT2D eigenvalue weighted by Gasteiger charge is 2.16. The van der Waals surface area contributed by atoms with Gasteiger partial charge in [0.1, 0.15) is 5.58 Å². The third kappa shape index (κ3) is 3.51. The van der Waals surface area contributed by atoms with Crippen molar-refractivity contribution >= 4 is 32.8 Å². The highest BCUT2D eigenvalue weighted by molar-refractivity contribution is 6.09. The lowest BCUT2D eigenvalue weighted by atomic mass is 9.90. The number of aromatic nitrogens is 2. The van der Waals surface area contributed by atoms with E-state index in [9.17, 15) is 0 Å². The normalized spacial score (nSPS) is 14.6. The Morgan fingerprint density at radius 1 is 0.622 bits per heavy atom. The molecule has 0 spiro atoms. The molecule has 0 saturated carbocycles. The number of fused-ring (bicyclic) bond motifs is 4. The standard InChI is InChI=1S/C34H24N2O/c1-21-20-35-32(30-14-8-13-28-29-16-15-22(2)36-34(29)37-33(28)30)19-31(21)27-18-17-24(23-9-4-3-5-10-23)25-11-6-7-12-26(25)27/h3-20H,1-2H3/i1D3,2D3. The average molecular weight is 483 g/mol. The van der Waals surface area contributed by atoms with Crippen molar-refractivity contribution in [2.75, 3.05) is 0 Å². The van der Waals surface area contributed by atoms with Gasteiger partial charge in [-0.25, -0.2) is 4.98 Å². The second-order valence-corrected chi connectivity index (χ2v) is 9.02. The Bertz CT molecular complexity index is 2170. The van der Waals surface area contributed by atoms with Crippen molar-refractivity contribution in [1.82, 2.24) is 9.97 Å². The topological polar surface area (TPSA) is 38.9 Å². The molecule has 0 N–H and O–H groups in total. The van der Waals surface area contributed by atoms with Crippen molar-refractivity contribution in [3.8, 4) is 33.5 Å². The van der Waals surface area contributed by atoms with Gasteiger partial charge in [-0.05, 0) is 76.6 Å². The van der Waals surface area contributed by atoms with Crippen LogP contribution in [0.4, 0.5) is 0 Å². The minimum atomic E-state index is -2.40. The molecule has 3 nitrogen and oxygen atoms in total. The predicted molar refractivity (Wildman–Crippen MR) is 153 cm³/mol. The van der Waals surface area contributed by atoms with Crippen molar-refractivity contribution < 1.29 is 12.6 Å². The highest BCUT2D eigenvalue weighted by atomic mass is 16.3. The maximum atomic E-state index is 8.32. The zero-order chi connectivity index (χ0) is 29.9. The number of hydrogen-bond acceptors (Lipinski definition) is 3. The molecule has 0 saturated heterocycles. The quantitative estimate of drug-likeness (QED) is 0.252. The van der Waals surface area contributed by atoms with Crippen molar-refractivity contribution in [2.45, 2.75) is 13.7 Å². The first-order chi connectivity index (χ1) is 20.6. The van der Waals surface area contributed by atoms with Crippen molar-refractivity contribution in [3.05, 3.63) is 121 Å². The van der Waals surface area contributed by atoms with Crippen molar-refractivity contribution in [3.63, 3.8) is 0 Å². The molecule has 4 aromatic carbocycles. The van der Waals surface area contributed by atoms with E-state index in [2.05, 4.69) is 22.1 Å². The Morgan fingerprint density at radius 2 is 1.41 bits per heavy atom. The largest absolute Gasteiger partial charge is 0.437 e. The Kier molecular flexibility index (Phi) is 3.66. The fraction of sp³-hybridized carbons (Fsp3) is 0.0588. The van der Waals surface area contributed by atoms with Crippen LogP contribution in [0.3, 0.4) is 0 Å². The van der Waals surface area contributed by atoms with Crippen LogP contribution in [0.15, 0.2) is 114 Å². The van der Waals surface area contributed by atoms with Crippen LogP contribution in [0.1, 0.15) is 19.5 Å². The van der Waals surface area contributed by atoms with Crippen LogP contribution >= 0.6 is 0 Å². The lowest BCUT2D eigenvalue weighted by Gasteiger charge is -2.15. The van der Waals surface area contributed by atoms with Crippen LogP contribution in [0.2, 0.25) is 0 Å². The summed E-state index contributed by atoms with van der Waals surface area (Å²) in [5.41, 5.74) is 5.46. The average Bonchev–Trinajstić information content (AvgIpc) is 3.38. The summed E-state index contributed by atoms with van der Waals surface area (Å²) in [5, 5.41) is 3.39. The zero-order valence-corrected chi connectivity index (χ0v) is 19.7. The number of rotatable bonds is 3. The van der Waals surface area contributed by atoms with E-state index in [4.69, 9.17) is 12.6 Å². The molecule has 0 aliphatic heterocycles. The number of hydrogen-bond donors (Lipinski definition) is 0. The number of furan rings is 1. The summed E-state index contributed by atoms with van der Waals surface area (Å²) in [7, 11) is 0. The molecule has 0 aliphatic carbocycles. The Morgan fingerprint density at radius 3 is 2.24 bits per heavy atom. The summed E-state index contributed by atoms with van der Waals surface area (Å²) in [6.07, 6.45) is 1.42. The van der Waals surface area contributed by atoms with Gasteiger partial charge in [0.15, 0.2) is 0 Å². The third-order valence-corrected chi connectivity index (χ3v) is 6.84. The number of aryl methyl sites for hydroxylation is 2. The monoisotopic (exact) mass is 482 g/mol. The lowest BCUT2D eigenvalue weighted by Crippen LogP contribution is -1.92. The first-order valence-corrected chi connectivity index (χ1v) is 12.0. The van der Waals surface area contributed by atoms with E-state index in [0.717, 1.165) is 32.8 Å². The Hall–Kier alpha value is -4.76. The molecule has 3 aromatic heterocycles. The Balaban J connectivity index is 1.46. The second kappa shape index (κ2) is 8.42. The van der Waals surface area contributed by atoms with Gasteiger partial charge in [0.25, 0.3) is 0 Å². The Labute approximate surface area is 223 Å². The zero-order valence-electron chi connectivity index (χ0n) is 25.7. The highest BCUT2D eigenvalue weighted by Crippen LogP contribution is 2.39. The second-order valence-electron chi connectivity index (χ2n) is 9.02. The molecule has 7 aromatic rings. The van der Waals surface area contributed by atoms with Gasteiger partial charge in [0, 0.05) is 36.5 Å². The molecule has 0 amide bonds. The first kappa shape index (κ1) is 16.1. The van der Waals surface area contributed by atoms with E-state index >= 15 is 0 Å². The van der Waals surface area contributed by atoms with Crippen LogP contribution in [-0.2, 0) is 0 Å². The SMILES string of the molecule is [2H]C([2H])([2H])c1ccc2c(n1)oc1c(-c3cc(-c4ccc(-c5ccccc5)c5ccccc45)c(C([2H])([2H])[2H])cn3)cccc12. The number of benzene rings is 4. The summed E-state index contributed by atoms with van der Waals surface area (Å²) in [5.74, 6) is 0. The van der Waals surface area contributed by atoms with Crippen molar-refractivity contribution in [2.24, 2.45) is 0 Å². The van der Waals surface area contributed by atoms with Gasteiger partial charge in [-0.1, -0.05) is 78.9 Å². The van der Waals surface area contributed by atoms with Gasteiger partial charge in [-0.15, -0.1) is 0 Å². The molecule has 0 bridgehead atoms. The van der Waals surface area contributed by atoms with Gasteiger partial charge >= 0.3 is 0 Å². The molecular weight excluding hydrogens is 452 g/mol. The van der Waals surface area contributed by atoms with Crippen LogP contribution in [0.5, 0.6) is 0 Å². The third-order valence-electron chi connectivity index (χ3n) is 6.84. The van der Waals surface area contributed by atoms with Gasteiger partial charge in [0.05, 0.1) is 5.69 Å². The van der Waals surface area contributed by atoms with E-state index in [1.165, 1.54) is 12.3 Å². The maximum Gasteiger partial charge on any atom is 0.227 e. The van der Waals surface area contributed by atoms with Crippen LogP contribution < -0.4 is 0 Å². The molecule has 0 aliphatic rings. The smallest absolute Gasteiger partial charge is 0.227 e. The van der Waals surface area contributed by atoms with E-state index in [-0.39, 0.29) is 17.0 Å². The number of pyridine rings is 2. The molecule has 176 valence electrons. The van der Waals surface area contributed by atoms with E-state index in [1.54, 1.807) is 12.1 Å². The van der Waals surface area contributed by atoms with Crippen LogP contribution in [0, 0.1) is 13.7 Å². The molecule has 0 fully saturated rings. The molecule has 3 heterocycles. The summed E-state index contributed by atoms with van der Waals surface area (Å²) in [6, 6.07) is 32.7. The minimum absolute atomic E-state index is 0.0473. The number of para-hydroxylation sites is 1. The molecule has 7 rings (SSSR count). The van der Waals surface area contributed by atoms with E-state index in [1.807, 2.05) is 72.8 Å². The summed E-state index contributed by atoms with van der Waals surface area (Å²) in [6.45, 7) is -4.77.